The minimum atomic E-state index is -2.24. The van der Waals surface area contributed by atoms with E-state index in [1.54, 1.807) is 21.3 Å². The van der Waals surface area contributed by atoms with Crippen molar-refractivity contribution in [3.8, 4) is 5.19 Å². The van der Waals surface area contributed by atoms with E-state index >= 15 is 0 Å². The van der Waals surface area contributed by atoms with Crippen LogP contribution in [0.2, 0.25) is 0 Å². The molecule has 0 radical (unpaired) electrons. The van der Waals surface area contributed by atoms with E-state index in [4.69, 9.17) is 30.3 Å². The lowest BCUT2D eigenvalue weighted by molar-refractivity contribution is 0.145. The van der Waals surface area contributed by atoms with Crippen LogP contribution in [0.1, 0.15) is 5.01 Å². The summed E-state index contributed by atoms with van der Waals surface area (Å²) in [5.74, 6) is 0.601. The summed E-state index contributed by atoms with van der Waals surface area (Å²) in [6.07, 6.45) is 0. The van der Waals surface area contributed by atoms with Crippen LogP contribution in [-0.2, 0) is 31.3 Å². The highest BCUT2D eigenvalue weighted by molar-refractivity contribution is 8.67. The van der Waals surface area contributed by atoms with Gasteiger partial charge in [0, 0.05) is 21.3 Å². The second-order valence-corrected chi connectivity index (χ2v) is 10.4. The van der Waals surface area contributed by atoms with Crippen molar-refractivity contribution in [3.05, 3.63) is 5.01 Å². The average Bonchev–Trinajstić information content (AvgIpc) is 2.84. The van der Waals surface area contributed by atoms with Crippen LogP contribution in [0.15, 0.2) is 0 Å². The van der Waals surface area contributed by atoms with Crippen molar-refractivity contribution < 1.29 is 18.5 Å². The summed E-state index contributed by atoms with van der Waals surface area (Å²) in [4.78, 5) is 0. The van der Waals surface area contributed by atoms with E-state index in [0.29, 0.717) is 24.2 Å². The SMILES string of the molecule is COCCOc1nnc(CSP(=S)(OC)OC)s1. The summed E-state index contributed by atoms with van der Waals surface area (Å²) in [7, 11) is 4.72. The van der Waals surface area contributed by atoms with Gasteiger partial charge in [0.2, 0.25) is 5.69 Å². The minimum absolute atomic E-state index is 0.465. The van der Waals surface area contributed by atoms with Crippen LogP contribution in [0.4, 0.5) is 0 Å². The summed E-state index contributed by atoms with van der Waals surface area (Å²) in [6, 6.07) is 0. The summed E-state index contributed by atoms with van der Waals surface area (Å²) < 4.78 is 20.6. The van der Waals surface area contributed by atoms with Crippen LogP contribution in [-0.4, -0.2) is 44.7 Å². The Morgan fingerprint density at radius 1 is 1.22 bits per heavy atom. The molecule has 10 heteroatoms. The maximum atomic E-state index is 5.34. The highest BCUT2D eigenvalue weighted by atomic mass is 32.9. The summed E-state index contributed by atoms with van der Waals surface area (Å²) in [5.41, 5.74) is -2.24. The fourth-order valence-corrected chi connectivity index (χ4v) is 4.70. The Bertz CT molecular complexity index is 395. The van der Waals surface area contributed by atoms with Gasteiger partial charge in [-0.3, -0.25) is 0 Å². The Labute approximate surface area is 119 Å². The predicted molar refractivity (Wildman–Crippen MR) is 76.9 cm³/mol. The first-order chi connectivity index (χ1) is 8.63. The zero-order valence-electron chi connectivity index (χ0n) is 10.3. The molecular weight excluding hydrogens is 315 g/mol. The van der Waals surface area contributed by atoms with E-state index in [1.165, 1.54) is 22.7 Å². The molecule has 0 saturated heterocycles. The van der Waals surface area contributed by atoms with Crippen LogP contribution in [0, 0.1) is 0 Å². The van der Waals surface area contributed by atoms with Crippen molar-refractivity contribution >= 4 is 40.2 Å². The molecule has 0 aliphatic carbocycles. The zero-order chi connectivity index (χ0) is 13.4. The van der Waals surface area contributed by atoms with Crippen molar-refractivity contribution in [2.24, 2.45) is 0 Å². The molecule has 0 aromatic carbocycles. The smallest absolute Gasteiger partial charge is 0.294 e. The number of methoxy groups -OCH3 is 1. The molecular formula is C8H15N2O4PS3. The Hall–Kier alpha value is 0.240. The fourth-order valence-electron chi connectivity index (χ4n) is 0.881. The van der Waals surface area contributed by atoms with E-state index in [2.05, 4.69) is 10.2 Å². The van der Waals surface area contributed by atoms with Gasteiger partial charge in [0.1, 0.15) is 11.6 Å². The zero-order valence-corrected chi connectivity index (χ0v) is 13.7. The second-order valence-electron chi connectivity index (χ2n) is 2.89. The molecule has 0 aliphatic rings. The van der Waals surface area contributed by atoms with E-state index in [0.717, 1.165) is 5.01 Å². The van der Waals surface area contributed by atoms with Crippen molar-refractivity contribution in [3.63, 3.8) is 0 Å². The van der Waals surface area contributed by atoms with E-state index in [9.17, 15) is 0 Å². The van der Waals surface area contributed by atoms with E-state index < -0.39 is 5.69 Å². The third-order valence-electron chi connectivity index (χ3n) is 1.75. The minimum Gasteiger partial charge on any atom is -0.466 e. The number of hydrogen-bond acceptors (Lipinski definition) is 9. The van der Waals surface area contributed by atoms with Gasteiger partial charge in [-0.2, -0.15) is 0 Å². The van der Waals surface area contributed by atoms with Crippen molar-refractivity contribution in [2.45, 2.75) is 5.75 Å². The van der Waals surface area contributed by atoms with Gasteiger partial charge < -0.3 is 18.5 Å². The Kier molecular flexibility index (Phi) is 7.62. The Morgan fingerprint density at radius 2 is 1.94 bits per heavy atom. The molecule has 0 atom stereocenters. The van der Waals surface area contributed by atoms with Crippen LogP contribution < -0.4 is 4.74 Å². The van der Waals surface area contributed by atoms with Gasteiger partial charge in [0.15, 0.2) is 0 Å². The molecule has 0 saturated carbocycles. The molecule has 0 spiro atoms. The van der Waals surface area contributed by atoms with Crippen molar-refractivity contribution in [2.75, 3.05) is 34.5 Å². The van der Waals surface area contributed by atoms with Crippen LogP contribution in [0.3, 0.4) is 0 Å². The first-order valence-corrected chi connectivity index (χ1v) is 9.98. The molecule has 18 heavy (non-hydrogen) atoms. The van der Waals surface area contributed by atoms with E-state index in [-0.39, 0.29) is 0 Å². The van der Waals surface area contributed by atoms with Crippen LogP contribution >= 0.6 is 28.4 Å². The lowest BCUT2D eigenvalue weighted by Gasteiger charge is -2.15. The standard InChI is InChI=1S/C8H15N2O4PS3/c1-11-4-5-14-8-10-9-7(18-8)6-17-15(16,12-2)13-3/h4-6H2,1-3H3. The number of hydrogen-bond donors (Lipinski definition) is 0. The topological polar surface area (TPSA) is 62.7 Å². The molecule has 1 heterocycles. The highest BCUT2D eigenvalue weighted by Crippen LogP contribution is 2.60. The first kappa shape index (κ1) is 16.3. The lowest BCUT2D eigenvalue weighted by Crippen LogP contribution is -2.03. The molecule has 1 aromatic rings. The highest BCUT2D eigenvalue weighted by Gasteiger charge is 2.17. The quantitative estimate of drug-likeness (QED) is 0.505. The lowest BCUT2D eigenvalue weighted by atomic mass is 10.8. The van der Waals surface area contributed by atoms with Gasteiger partial charge in [-0.15, -0.1) is 10.2 Å². The molecule has 0 bridgehead atoms. The van der Waals surface area contributed by atoms with Gasteiger partial charge >= 0.3 is 0 Å². The number of ether oxygens (including phenoxy) is 2. The molecule has 0 amide bonds. The molecule has 0 unspecified atom stereocenters. The number of rotatable bonds is 9. The van der Waals surface area contributed by atoms with Crippen LogP contribution in [0.5, 0.6) is 5.19 Å². The molecule has 0 fully saturated rings. The normalized spacial score (nSPS) is 11.7. The maximum absolute atomic E-state index is 5.34. The van der Waals surface area contributed by atoms with Gasteiger partial charge in [0.25, 0.3) is 5.19 Å². The molecule has 104 valence electrons. The third-order valence-corrected chi connectivity index (χ3v) is 8.46. The fraction of sp³-hybridized carbons (Fsp3) is 0.750. The van der Waals surface area contributed by atoms with E-state index in [1.807, 2.05) is 0 Å². The molecule has 0 N–H and O–H groups in total. The second kappa shape index (κ2) is 8.42. The van der Waals surface area contributed by atoms with Gasteiger partial charge in [-0.05, 0) is 11.8 Å². The average molecular weight is 330 g/mol. The number of nitrogens with zero attached hydrogens (tertiary/aromatic N) is 2. The van der Waals surface area contributed by atoms with Crippen molar-refractivity contribution in [1.29, 1.82) is 0 Å². The maximum Gasteiger partial charge on any atom is 0.294 e. The molecule has 6 nitrogen and oxygen atoms in total. The molecule has 1 aromatic heterocycles. The van der Waals surface area contributed by atoms with Gasteiger partial charge in [0.05, 0.1) is 12.4 Å². The third kappa shape index (κ3) is 5.48. The summed E-state index contributed by atoms with van der Waals surface area (Å²) in [6.45, 7) is 0.990. The van der Waals surface area contributed by atoms with Gasteiger partial charge in [-0.1, -0.05) is 22.7 Å². The summed E-state index contributed by atoms with van der Waals surface area (Å²) in [5, 5.41) is 9.29. The Morgan fingerprint density at radius 3 is 2.56 bits per heavy atom. The van der Waals surface area contributed by atoms with Crippen LogP contribution in [0.25, 0.3) is 0 Å². The molecule has 1 rings (SSSR count). The van der Waals surface area contributed by atoms with Gasteiger partial charge in [-0.25, -0.2) is 0 Å². The monoisotopic (exact) mass is 330 g/mol. The van der Waals surface area contributed by atoms with Crippen molar-refractivity contribution in [1.82, 2.24) is 10.2 Å². The molecule has 0 aliphatic heterocycles. The Balaban J connectivity index is 2.41. The largest absolute Gasteiger partial charge is 0.466 e. The first-order valence-electron chi connectivity index (χ1n) is 4.93. The summed E-state index contributed by atoms with van der Waals surface area (Å²) >= 11 is 8.05. The number of aromatic nitrogens is 2. The predicted octanol–water partition coefficient (Wildman–Crippen LogP) is 2.31.